The first kappa shape index (κ1) is 14.1. The third kappa shape index (κ3) is 3.80. The van der Waals surface area contributed by atoms with Crippen LogP contribution < -0.4 is 11.3 Å². The number of hydrogen-bond acceptors (Lipinski definition) is 2. The van der Waals surface area contributed by atoms with Crippen molar-refractivity contribution in [2.24, 2.45) is 5.84 Å². The quantitative estimate of drug-likeness (QED) is 0.643. The molecule has 0 bridgehead atoms. The van der Waals surface area contributed by atoms with Crippen molar-refractivity contribution in [1.82, 2.24) is 5.43 Å². The lowest BCUT2D eigenvalue weighted by molar-refractivity contribution is 0.516. The second-order valence-corrected chi connectivity index (χ2v) is 5.18. The summed E-state index contributed by atoms with van der Waals surface area (Å²) in [7, 11) is 0. The van der Waals surface area contributed by atoms with E-state index in [-0.39, 0.29) is 6.04 Å². The lowest BCUT2D eigenvalue weighted by Gasteiger charge is -2.17. The van der Waals surface area contributed by atoms with Crippen molar-refractivity contribution in [2.75, 3.05) is 0 Å². The molecule has 0 radical (unpaired) electrons. The number of halogens is 1. The highest BCUT2D eigenvalue weighted by Gasteiger charge is 2.12. The molecule has 19 heavy (non-hydrogen) atoms. The van der Waals surface area contributed by atoms with E-state index in [0.29, 0.717) is 0 Å². The summed E-state index contributed by atoms with van der Waals surface area (Å²) in [4.78, 5) is 0. The molecule has 0 fully saturated rings. The Morgan fingerprint density at radius 1 is 1.16 bits per heavy atom. The molecule has 0 amide bonds. The fourth-order valence-electron chi connectivity index (χ4n) is 2.26. The third-order valence-corrected chi connectivity index (χ3v) is 3.63. The molecule has 0 aliphatic carbocycles. The van der Waals surface area contributed by atoms with Gasteiger partial charge in [0.25, 0.3) is 0 Å². The van der Waals surface area contributed by atoms with E-state index in [4.69, 9.17) is 17.4 Å². The zero-order chi connectivity index (χ0) is 13.7. The number of hydrogen-bond donors (Lipinski definition) is 2. The molecule has 1 atom stereocenters. The molecule has 2 rings (SSSR count). The van der Waals surface area contributed by atoms with E-state index in [2.05, 4.69) is 36.6 Å². The molecule has 0 heterocycles. The molecule has 100 valence electrons. The first-order chi connectivity index (χ1) is 9.20. The van der Waals surface area contributed by atoms with E-state index >= 15 is 0 Å². The summed E-state index contributed by atoms with van der Waals surface area (Å²) < 4.78 is 0. The monoisotopic (exact) mass is 274 g/mol. The Morgan fingerprint density at radius 2 is 1.95 bits per heavy atom. The van der Waals surface area contributed by atoms with Crippen molar-refractivity contribution in [3.63, 3.8) is 0 Å². The SMILES string of the molecule is Cc1cccc(CCC(NN)c2ccccc2Cl)c1. The highest BCUT2D eigenvalue weighted by Crippen LogP contribution is 2.25. The van der Waals surface area contributed by atoms with Gasteiger partial charge in [-0.3, -0.25) is 11.3 Å². The predicted octanol–water partition coefficient (Wildman–Crippen LogP) is 3.79. The van der Waals surface area contributed by atoms with E-state index in [1.807, 2.05) is 24.3 Å². The molecule has 0 aromatic heterocycles. The number of nitrogens with one attached hydrogen (secondary N) is 1. The highest BCUT2D eigenvalue weighted by molar-refractivity contribution is 6.31. The summed E-state index contributed by atoms with van der Waals surface area (Å²) in [5.74, 6) is 5.66. The van der Waals surface area contributed by atoms with Crippen LogP contribution >= 0.6 is 11.6 Å². The number of aryl methyl sites for hydroxylation is 2. The van der Waals surface area contributed by atoms with Crippen molar-refractivity contribution in [3.05, 3.63) is 70.2 Å². The van der Waals surface area contributed by atoms with Crippen molar-refractivity contribution in [2.45, 2.75) is 25.8 Å². The van der Waals surface area contributed by atoms with Gasteiger partial charge in [-0.15, -0.1) is 0 Å². The lowest BCUT2D eigenvalue weighted by Crippen LogP contribution is -2.28. The Morgan fingerprint density at radius 3 is 2.63 bits per heavy atom. The van der Waals surface area contributed by atoms with Gasteiger partial charge in [0.15, 0.2) is 0 Å². The van der Waals surface area contributed by atoms with E-state index in [0.717, 1.165) is 23.4 Å². The van der Waals surface area contributed by atoms with Crippen molar-refractivity contribution < 1.29 is 0 Å². The molecule has 2 nitrogen and oxygen atoms in total. The van der Waals surface area contributed by atoms with Gasteiger partial charge in [-0.25, -0.2) is 0 Å². The molecule has 3 N–H and O–H groups in total. The van der Waals surface area contributed by atoms with E-state index < -0.39 is 0 Å². The largest absolute Gasteiger partial charge is 0.271 e. The average Bonchev–Trinajstić information content (AvgIpc) is 2.41. The Kier molecular flexibility index (Phi) is 4.97. The van der Waals surface area contributed by atoms with Gasteiger partial charge in [0.05, 0.1) is 0 Å². The molecule has 2 aromatic rings. The average molecular weight is 275 g/mol. The molecule has 1 unspecified atom stereocenters. The summed E-state index contributed by atoms with van der Waals surface area (Å²) >= 11 is 6.21. The van der Waals surface area contributed by atoms with Crippen LogP contribution in [0.1, 0.15) is 29.2 Å². The Balaban J connectivity index is 2.06. The standard InChI is InChI=1S/C16H19ClN2/c1-12-5-4-6-13(11-12)9-10-16(19-18)14-7-2-3-8-15(14)17/h2-8,11,16,19H,9-10,18H2,1H3. The summed E-state index contributed by atoms with van der Waals surface area (Å²) in [6.45, 7) is 2.11. The molecule has 0 aliphatic heterocycles. The van der Waals surface area contributed by atoms with Gasteiger partial charge in [0.2, 0.25) is 0 Å². The molecule has 0 saturated carbocycles. The second-order valence-electron chi connectivity index (χ2n) is 4.77. The number of nitrogens with two attached hydrogens (primary N) is 1. The minimum atomic E-state index is 0.0780. The van der Waals surface area contributed by atoms with Crippen LogP contribution in [0.3, 0.4) is 0 Å². The summed E-state index contributed by atoms with van der Waals surface area (Å²) in [6, 6.07) is 16.5. The van der Waals surface area contributed by atoms with Crippen molar-refractivity contribution in [1.29, 1.82) is 0 Å². The summed E-state index contributed by atoms with van der Waals surface area (Å²) in [6.07, 6.45) is 1.89. The summed E-state index contributed by atoms with van der Waals surface area (Å²) in [5, 5.41) is 0.759. The van der Waals surface area contributed by atoms with Crippen LogP contribution in [0.2, 0.25) is 5.02 Å². The number of benzene rings is 2. The number of hydrazine groups is 1. The van der Waals surface area contributed by atoms with Crippen LogP contribution in [0.5, 0.6) is 0 Å². The van der Waals surface area contributed by atoms with Gasteiger partial charge in [0.1, 0.15) is 0 Å². The van der Waals surface area contributed by atoms with Crippen LogP contribution in [-0.4, -0.2) is 0 Å². The minimum absolute atomic E-state index is 0.0780. The fraction of sp³-hybridized carbons (Fsp3) is 0.250. The Hall–Kier alpha value is -1.35. The first-order valence-electron chi connectivity index (χ1n) is 6.47. The molecule has 0 aliphatic rings. The van der Waals surface area contributed by atoms with Crippen molar-refractivity contribution in [3.8, 4) is 0 Å². The van der Waals surface area contributed by atoms with Gasteiger partial charge in [-0.05, 0) is 37.0 Å². The van der Waals surface area contributed by atoms with Gasteiger partial charge >= 0.3 is 0 Å². The van der Waals surface area contributed by atoms with Crippen LogP contribution in [-0.2, 0) is 6.42 Å². The lowest BCUT2D eigenvalue weighted by atomic mass is 9.99. The minimum Gasteiger partial charge on any atom is -0.271 e. The zero-order valence-corrected chi connectivity index (χ0v) is 11.8. The van der Waals surface area contributed by atoms with Crippen LogP contribution in [0.25, 0.3) is 0 Å². The Bertz CT molecular complexity index is 540. The van der Waals surface area contributed by atoms with Crippen LogP contribution in [0.4, 0.5) is 0 Å². The van der Waals surface area contributed by atoms with Gasteiger partial charge in [0, 0.05) is 11.1 Å². The molecule has 0 spiro atoms. The smallest absolute Gasteiger partial charge is 0.0477 e. The van der Waals surface area contributed by atoms with E-state index in [1.54, 1.807) is 0 Å². The molecule has 2 aromatic carbocycles. The van der Waals surface area contributed by atoms with Gasteiger partial charge < -0.3 is 0 Å². The maximum Gasteiger partial charge on any atom is 0.0477 e. The van der Waals surface area contributed by atoms with Gasteiger partial charge in [-0.1, -0.05) is 59.6 Å². The summed E-state index contributed by atoms with van der Waals surface area (Å²) in [5.41, 5.74) is 6.53. The molecule has 0 saturated heterocycles. The second kappa shape index (κ2) is 6.71. The highest BCUT2D eigenvalue weighted by atomic mass is 35.5. The van der Waals surface area contributed by atoms with Crippen LogP contribution in [0.15, 0.2) is 48.5 Å². The maximum atomic E-state index is 6.21. The van der Waals surface area contributed by atoms with Crippen molar-refractivity contribution >= 4 is 11.6 Å². The topological polar surface area (TPSA) is 38.0 Å². The molecular weight excluding hydrogens is 256 g/mol. The molecule has 3 heteroatoms. The number of rotatable bonds is 5. The zero-order valence-electron chi connectivity index (χ0n) is 11.1. The maximum absolute atomic E-state index is 6.21. The third-order valence-electron chi connectivity index (χ3n) is 3.29. The van der Waals surface area contributed by atoms with Gasteiger partial charge in [-0.2, -0.15) is 0 Å². The normalized spacial score (nSPS) is 12.4. The van der Waals surface area contributed by atoms with E-state index in [9.17, 15) is 0 Å². The molecular formula is C16H19ClN2. The Labute approximate surface area is 119 Å². The first-order valence-corrected chi connectivity index (χ1v) is 6.84. The fourth-order valence-corrected chi connectivity index (χ4v) is 2.53. The van der Waals surface area contributed by atoms with E-state index in [1.165, 1.54) is 11.1 Å². The predicted molar refractivity (Wildman–Crippen MR) is 81.0 cm³/mol. The van der Waals surface area contributed by atoms with Crippen LogP contribution in [0, 0.1) is 6.92 Å².